The Morgan fingerprint density at radius 3 is 2.79 bits per heavy atom. The lowest BCUT2D eigenvalue weighted by Crippen LogP contribution is -2.38. The van der Waals surface area contributed by atoms with Crippen LogP contribution in [0.2, 0.25) is 0 Å². The van der Waals surface area contributed by atoms with Crippen LogP contribution in [0.1, 0.15) is 20.3 Å². The normalized spacial score (nSPS) is 16.5. The van der Waals surface area contributed by atoms with Crippen LogP contribution in [0.5, 0.6) is 0 Å². The summed E-state index contributed by atoms with van der Waals surface area (Å²) in [7, 11) is 1.90. The summed E-state index contributed by atoms with van der Waals surface area (Å²) in [6.45, 7) is 4.64. The van der Waals surface area contributed by atoms with E-state index in [0.717, 1.165) is 28.4 Å². The first kappa shape index (κ1) is 22.2. The molecule has 5 rings (SSSR count). The molecule has 1 fully saturated rings. The van der Waals surface area contributed by atoms with Gasteiger partial charge < -0.3 is 19.9 Å². The van der Waals surface area contributed by atoms with Crippen molar-refractivity contribution in [1.29, 1.82) is 0 Å². The van der Waals surface area contributed by atoms with Crippen molar-refractivity contribution in [2.45, 2.75) is 32.4 Å². The topological polar surface area (TPSA) is 92.4 Å². The summed E-state index contributed by atoms with van der Waals surface area (Å²) in [4.78, 5) is 28.1. The molecule has 0 spiro atoms. The number of nitrogens with one attached hydrogen (secondary N) is 1. The molecule has 2 aromatic carbocycles. The maximum absolute atomic E-state index is 13.4. The zero-order chi connectivity index (χ0) is 24.0. The number of aliphatic hydroxyl groups is 1. The molecule has 0 aliphatic carbocycles. The van der Waals surface area contributed by atoms with Crippen molar-refractivity contribution in [2.75, 3.05) is 18.4 Å². The standard InChI is InChI=1S/C26H29N5O3/c1-26(2,34)19-10-12-30(15-19)23(32)16-31-11-9-17-5-4-6-21(24(17)25(31)33)28-20-7-8-22-18(13-20)14-27-29(22)3/h4-9,11,13-14,19,28,34H,10,12,15-16H2,1-3H3. The Morgan fingerprint density at radius 1 is 1.21 bits per heavy atom. The minimum Gasteiger partial charge on any atom is -0.390 e. The van der Waals surface area contributed by atoms with Crippen molar-refractivity contribution in [2.24, 2.45) is 13.0 Å². The predicted molar refractivity (Wildman–Crippen MR) is 133 cm³/mol. The van der Waals surface area contributed by atoms with E-state index in [1.165, 1.54) is 4.57 Å². The Labute approximate surface area is 197 Å². The van der Waals surface area contributed by atoms with E-state index in [4.69, 9.17) is 0 Å². The van der Waals surface area contributed by atoms with E-state index in [1.807, 2.05) is 60.4 Å². The van der Waals surface area contributed by atoms with Crippen molar-refractivity contribution >= 4 is 39.0 Å². The van der Waals surface area contributed by atoms with Gasteiger partial charge in [-0.1, -0.05) is 12.1 Å². The summed E-state index contributed by atoms with van der Waals surface area (Å²) in [5.74, 6) is -0.0709. The molecular formula is C26H29N5O3. The molecule has 2 aromatic heterocycles. The molecule has 1 aliphatic rings. The third-order valence-corrected chi connectivity index (χ3v) is 6.88. The highest BCUT2D eigenvalue weighted by atomic mass is 16.3. The summed E-state index contributed by atoms with van der Waals surface area (Å²) < 4.78 is 3.29. The average molecular weight is 460 g/mol. The number of pyridine rings is 1. The van der Waals surface area contributed by atoms with Crippen molar-refractivity contribution < 1.29 is 9.90 Å². The molecule has 1 unspecified atom stereocenters. The van der Waals surface area contributed by atoms with E-state index in [0.29, 0.717) is 24.2 Å². The number of likely N-dealkylation sites (tertiary alicyclic amines) is 1. The van der Waals surface area contributed by atoms with E-state index in [-0.39, 0.29) is 23.9 Å². The maximum atomic E-state index is 13.4. The Kier molecular flexibility index (Phi) is 5.40. The number of fused-ring (bicyclic) bond motifs is 2. The molecular weight excluding hydrogens is 430 g/mol. The average Bonchev–Trinajstić information content (AvgIpc) is 3.43. The van der Waals surface area contributed by atoms with E-state index in [9.17, 15) is 14.7 Å². The minimum absolute atomic E-state index is 0.0245. The summed E-state index contributed by atoms with van der Waals surface area (Å²) >= 11 is 0. The van der Waals surface area contributed by atoms with Gasteiger partial charge in [0.15, 0.2) is 0 Å². The zero-order valence-corrected chi connectivity index (χ0v) is 19.7. The highest BCUT2D eigenvalue weighted by molar-refractivity contribution is 5.95. The number of anilines is 2. The van der Waals surface area contributed by atoms with Crippen molar-refractivity contribution in [3.05, 3.63) is 65.2 Å². The van der Waals surface area contributed by atoms with Gasteiger partial charge in [0.25, 0.3) is 5.56 Å². The van der Waals surface area contributed by atoms with Crippen LogP contribution < -0.4 is 10.9 Å². The van der Waals surface area contributed by atoms with E-state index in [2.05, 4.69) is 10.4 Å². The number of amides is 1. The van der Waals surface area contributed by atoms with Crippen molar-refractivity contribution in [3.63, 3.8) is 0 Å². The lowest BCUT2D eigenvalue weighted by molar-refractivity contribution is -0.131. The smallest absolute Gasteiger partial charge is 0.261 e. The third-order valence-electron chi connectivity index (χ3n) is 6.88. The highest BCUT2D eigenvalue weighted by Gasteiger charge is 2.35. The highest BCUT2D eigenvalue weighted by Crippen LogP contribution is 2.28. The number of rotatable bonds is 5. The molecule has 3 heterocycles. The lowest BCUT2D eigenvalue weighted by Gasteiger charge is -2.25. The fourth-order valence-electron chi connectivity index (χ4n) is 4.76. The second kappa shape index (κ2) is 8.29. The van der Waals surface area contributed by atoms with Crippen LogP contribution in [0.25, 0.3) is 21.7 Å². The van der Waals surface area contributed by atoms with Crippen molar-refractivity contribution in [1.82, 2.24) is 19.2 Å². The second-order valence-corrected chi connectivity index (χ2v) is 9.66. The summed E-state index contributed by atoms with van der Waals surface area (Å²) in [5, 5.41) is 20.3. The molecule has 176 valence electrons. The second-order valence-electron chi connectivity index (χ2n) is 9.66. The Balaban J connectivity index is 1.42. The first-order valence-electron chi connectivity index (χ1n) is 11.5. The molecule has 0 saturated carbocycles. The van der Waals surface area contributed by atoms with Gasteiger partial charge >= 0.3 is 0 Å². The van der Waals surface area contributed by atoms with Crippen LogP contribution in [-0.4, -0.2) is 49.0 Å². The maximum Gasteiger partial charge on any atom is 0.261 e. The van der Waals surface area contributed by atoms with Gasteiger partial charge in [-0.2, -0.15) is 5.10 Å². The van der Waals surface area contributed by atoms with Gasteiger partial charge in [0.05, 0.1) is 28.4 Å². The van der Waals surface area contributed by atoms with Crippen LogP contribution in [0.4, 0.5) is 11.4 Å². The zero-order valence-electron chi connectivity index (χ0n) is 19.7. The lowest BCUT2D eigenvalue weighted by atomic mass is 9.90. The first-order valence-corrected chi connectivity index (χ1v) is 11.5. The molecule has 0 bridgehead atoms. The van der Waals surface area contributed by atoms with Gasteiger partial charge in [-0.25, -0.2) is 0 Å². The van der Waals surface area contributed by atoms with Crippen LogP contribution in [0.3, 0.4) is 0 Å². The SMILES string of the molecule is Cn1ncc2cc(Nc3cccc4ccn(CC(=O)N5CCC(C(C)(C)O)C5)c(=O)c34)ccc21. The van der Waals surface area contributed by atoms with Gasteiger partial charge in [0.1, 0.15) is 6.54 Å². The monoisotopic (exact) mass is 459 g/mol. The molecule has 34 heavy (non-hydrogen) atoms. The van der Waals surface area contributed by atoms with Gasteiger partial charge in [0.2, 0.25) is 5.91 Å². The third kappa shape index (κ3) is 4.05. The fourth-order valence-corrected chi connectivity index (χ4v) is 4.76. The van der Waals surface area contributed by atoms with Crippen LogP contribution in [0, 0.1) is 5.92 Å². The molecule has 1 atom stereocenters. The Morgan fingerprint density at radius 2 is 2.03 bits per heavy atom. The summed E-state index contributed by atoms with van der Waals surface area (Å²) in [5.41, 5.74) is 1.53. The molecule has 1 amide bonds. The summed E-state index contributed by atoms with van der Waals surface area (Å²) in [6.07, 6.45) is 4.25. The molecule has 1 aliphatic heterocycles. The molecule has 4 aromatic rings. The van der Waals surface area contributed by atoms with Gasteiger partial charge in [-0.3, -0.25) is 14.3 Å². The predicted octanol–water partition coefficient (Wildman–Crippen LogP) is 3.25. The number of nitrogens with zero attached hydrogens (tertiary/aromatic N) is 4. The van der Waals surface area contributed by atoms with E-state index < -0.39 is 5.60 Å². The van der Waals surface area contributed by atoms with Crippen LogP contribution in [-0.2, 0) is 18.4 Å². The molecule has 8 nitrogen and oxygen atoms in total. The largest absolute Gasteiger partial charge is 0.390 e. The number of hydrogen-bond acceptors (Lipinski definition) is 5. The minimum atomic E-state index is -0.825. The number of hydrogen-bond donors (Lipinski definition) is 2. The quantitative estimate of drug-likeness (QED) is 0.478. The number of carbonyl (C=O) groups excluding carboxylic acids is 1. The Bertz CT molecular complexity index is 1450. The van der Waals surface area contributed by atoms with Crippen molar-refractivity contribution in [3.8, 4) is 0 Å². The molecule has 1 saturated heterocycles. The van der Waals surface area contributed by atoms with E-state index in [1.54, 1.807) is 24.9 Å². The first-order chi connectivity index (χ1) is 16.2. The molecule has 0 radical (unpaired) electrons. The Hall–Kier alpha value is -3.65. The summed E-state index contributed by atoms with van der Waals surface area (Å²) in [6, 6.07) is 13.5. The van der Waals surface area contributed by atoms with Gasteiger partial charge in [0, 0.05) is 43.3 Å². The van der Waals surface area contributed by atoms with Gasteiger partial charge in [-0.15, -0.1) is 0 Å². The number of aryl methyl sites for hydroxylation is 1. The number of benzene rings is 2. The van der Waals surface area contributed by atoms with Crippen LogP contribution in [0.15, 0.2) is 59.7 Å². The van der Waals surface area contributed by atoms with E-state index >= 15 is 0 Å². The molecule has 8 heteroatoms. The fraction of sp³-hybridized carbons (Fsp3) is 0.346. The van der Waals surface area contributed by atoms with Crippen LogP contribution >= 0.6 is 0 Å². The number of aromatic nitrogens is 3. The van der Waals surface area contributed by atoms with Gasteiger partial charge in [-0.05, 0) is 56.0 Å². The number of carbonyl (C=O) groups is 1. The molecule has 2 N–H and O–H groups in total.